The van der Waals surface area contributed by atoms with Gasteiger partial charge in [0.1, 0.15) is 6.47 Å². The monoisotopic (exact) mass is 763 g/mol. The molecule has 1 aliphatic rings. The van der Waals surface area contributed by atoms with Crippen molar-refractivity contribution >= 4 is 127 Å². The Morgan fingerprint density at radius 3 is 0.722 bits per heavy atom. The largest absolute Gasteiger partial charge is 0.123 e. The van der Waals surface area contributed by atoms with E-state index in [9.17, 15) is 0 Å². The van der Waals surface area contributed by atoms with Gasteiger partial charge in [0.05, 0.1) is 17.3 Å². The van der Waals surface area contributed by atoms with Crippen molar-refractivity contribution in [2.75, 3.05) is 0 Å². The molecule has 0 saturated heterocycles. The summed E-state index contributed by atoms with van der Waals surface area (Å²) < 4.78 is -2.06. The Balaban J connectivity index is 3.72. The second kappa shape index (κ2) is 5.17. The summed E-state index contributed by atoms with van der Waals surface area (Å²) in [4.78, 5) is 0. The van der Waals surface area contributed by atoms with Crippen molar-refractivity contribution < 1.29 is 0 Å². The van der Waals surface area contributed by atoms with Crippen LogP contribution in [-0.2, 0) is 0 Å². The van der Waals surface area contributed by atoms with Crippen LogP contribution >= 0.6 is 127 Å². The SMILES string of the molecule is CC1(Br)C(C)(Br)C(C)(Br)C(Br)(Br)C(Br)(Br)C1(C)Br. The summed E-state index contributed by atoms with van der Waals surface area (Å²) in [6, 6.07) is 0. The lowest BCUT2D eigenvalue weighted by atomic mass is 9.68. The molecule has 0 aliphatic heterocycles. The summed E-state index contributed by atoms with van der Waals surface area (Å²) in [5, 5.41) is 0. The molecule has 0 aromatic rings. The van der Waals surface area contributed by atoms with E-state index in [0.717, 1.165) is 0 Å². The maximum absolute atomic E-state index is 3.91. The molecule has 4 atom stereocenters. The summed E-state index contributed by atoms with van der Waals surface area (Å²) >= 11 is 30.9. The van der Waals surface area contributed by atoms with Crippen LogP contribution in [0.15, 0.2) is 0 Å². The van der Waals surface area contributed by atoms with Crippen molar-refractivity contribution in [3.63, 3.8) is 0 Å². The summed E-state index contributed by atoms with van der Waals surface area (Å²) in [7, 11) is 0. The quantitative estimate of drug-likeness (QED) is 0.223. The minimum atomic E-state index is -0.455. The highest BCUT2D eigenvalue weighted by molar-refractivity contribution is 9.31. The van der Waals surface area contributed by atoms with Gasteiger partial charge in [-0.15, -0.1) is 0 Å². The average Bonchev–Trinajstić information content (AvgIpc) is 2.14. The van der Waals surface area contributed by atoms with Crippen molar-refractivity contribution in [3.8, 4) is 0 Å². The standard InChI is InChI=1S/C10H12Br8/c1-5(11)6(2,12)8(4,14)10(17,18)9(15,16)7(5,3)13/h1-4H3. The maximum Gasteiger partial charge on any atom is 0.123 e. The fraction of sp³-hybridized carbons (Fsp3) is 1.00. The Bertz CT molecular complexity index is 249. The Morgan fingerprint density at radius 2 is 0.556 bits per heavy atom. The van der Waals surface area contributed by atoms with Crippen molar-refractivity contribution in [2.24, 2.45) is 0 Å². The first-order valence-electron chi connectivity index (χ1n) is 5.01. The molecule has 0 aromatic carbocycles. The molecule has 18 heavy (non-hydrogen) atoms. The third-order valence-corrected chi connectivity index (χ3v) is 21.6. The number of hydrogen-bond acceptors (Lipinski definition) is 0. The molecule has 1 saturated carbocycles. The zero-order valence-electron chi connectivity index (χ0n) is 10.0. The van der Waals surface area contributed by atoms with Gasteiger partial charge in [0.2, 0.25) is 0 Å². The second-order valence-electron chi connectivity index (χ2n) is 5.16. The predicted molar refractivity (Wildman–Crippen MR) is 110 cm³/mol. The Kier molecular flexibility index (Phi) is 5.71. The fourth-order valence-corrected chi connectivity index (χ4v) is 10.7. The van der Waals surface area contributed by atoms with Crippen LogP contribution in [0.1, 0.15) is 27.7 Å². The van der Waals surface area contributed by atoms with Crippen molar-refractivity contribution in [1.82, 2.24) is 0 Å². The molecule has 8 heteroatoms. The van der Waals surface area contributed by atoms with E-state index < -0.39 is 6.47 Å². The van der Waals surface area contributed by atoms with Crippen LogP contribution in [0.25, 0.3) is 0 Å². The molecule has 1 fully saturated rings. The van der Waals surface area contributed by atoms with E-state index in [1.165, 1.54) is 0 Å². The van der Waals surface area contributed by atoms with Crippen LogP contribution in [0.3, 0.4) is 0 Å². The highest BCUT2D eigenvalue weighted by Crippen LogP contribution is 2.77. The van der Waals surface area contributed by atoms with Crippen LogP contribution in [-0.4, -0.2) is 23.8 Å². The van der Waals surface area contributed by atoms with Gasteiger partial charge < -0.3 is 0 Å². The molecule has 0 nitrogen and oxygen atoms in total. The molecule has 0 amide bonds. The van der Waals surface area contributed by atoms with Crippen molar-refractivity contribution in [1.29, 1.82) is 0 Å². The minimum Gasteiger partial charge on any atom is -0.0825 e. The Labute approximate surface area is 176 Å². The molecule has 0 aromatic heterocycles. The van der Waals surface area contributed by atoms with Crippen molar-refractivity contribution in [2.45, 2.75) is 51.5 Å². The topological polar surface area (TPSA) is 0 Å². The molecule has 0 radical (unpaired) electrons. The zero-order chi connectivity index (χ0) is 15.0. The summed E-state index contributed by atoms with van der Waals surface area (Å²) in [6.07, 6.45) is 0. The van der Waals surface area contributed by atoms with E-state index in [0.29, 0.717) is 0 Å². The van der Waals surface area contributed by atoms with Crippen LogP contribution in [0.5, 0.6) is 0 Å². The lowest BCUT2D eigenvalue weighted by Crippen LogP contribution is -2.80. The normalized spacial score (nSPS) is 55.3. The van der Waals surface area contributed by atoms with E-state index in [-0.39, 0.29) is 17.3 Å². The van der Waals surface area contributed by atoms with E-state index in [2.05, 4.69) is 155 Å². The number of alkyl halides is 8. The zero-order valence-corrected chi connectivity index (χ0v) is 22.7. The maximum atomic E-state index is 3.91. The molecule has 1 rings (SSSR count). The summed E-state index contributed by atoms with van der Waals surface area (Å²) in [5.74, 6) is 0. The van der Waals surface area contributed by atoms with Gasteiger partial charge >= 0.3 is 0 Å². The van der Waals surface area contributed by atoms with E-state index in [1.807, 2.05) is 0 Å². The van der Waals surface area contributed by atoms with Gasteiger partial charge in [-0.3, -0.25) is 0 Å². The highest BCUT2D eigenvalue weighted by Gasteiger charge is 2.79. The first-order chi connectivity index (χ1) is 7.50. The molecular formula is C10H12Br8. The number of hydrogen-bond donors (Lipinski definition) is 0. The van der Waals surface area contributed by atoms with Gasteiger partial charge in [0.25, 0.3) is 0 Å². The number of rotatable bonds is 0. The molecule has 0 heterocycles. The third-order valence-electron chi connectivity index (χ3n) is 4.22. The Hall–Kier alpha value is 3.84. The molecule has 4 unspecified atom stereocenters. The Morgan fingerprint density at radius 1 is 0.389 bits per heavy atom. The lowest BCUT2D eigenvalue weighted by Gasteiger charge is -2.68. The molecule has 0 spiro atoms. The van der Waals surface area contributed by atoms with Crippen molar-refractivity contribution in [3.05, 3.63) is 0 Å². The fourth-order valence-electron chi connectivity index (χ4n) is 2.06. The summed E-state index contributed by atoms with van der Waals surface area (Å²) in [6.45, 7) is 8.62. The van der Waals surface area contributed by atoms with Crippen LogP contribution in [0, 0.1) is 0 Å². The van der Waals surface area contributed by atoms with Crippen LogP contribution in [0.2, 0.25) is 0 Å². The molecule has 1 aliphatic carbocycles. The lowest BCUT2D eigenvalue weighted by molar-refractivity contribution is 0.263. The second-order valence-corrected chi connectivity index (χ2v) is 18.4. The predicted octanol–water partition coefficient (Wildman–Crippen LogP) is 7.59. The van der Waals surface area contributed by atoms with Gasteiger partial charge in [0.15, 0.2) is 0 Å². The van der Waals surface area contributed by atoms with E-state index >= 15 is 0 Å². The number of halogens is 8. The molecule has 0 N–H and O–H groups in total. The average molecular weight is 771 g/mol. The van der Waals surface area contributed by atoms with Gasteiger partial charge in [-0.25, -0.2) is 0 Å². The third kappa shape index (κ3) is 2.10. The van der Waals surface area contributed by atoms with E-state index in [4.69, 9.17) is 0 Å². The summed E-state index contributed by atoms with van der Waals surface area (Å²) in [5.41, 5.74) is 0. The van der Waals surface area contributed by atoms with Crippen LogP contribution in [0.4, 0.5) is 0 Å². The van der Waals surface area contributed by atoms with E-state index in [1.54, 1.807) is 0 Å². The minimum absolute atomic E-state index is 0.261. The van der Waals surface area contributed by atoms with Gasteiger partial charge in [-0.05, 0) is 27.7 Å². The first kappa shape index (κ1) is 19.9. The smallest absolute Gasteiger partial charge is 0.0825 e. The van der Waals surface area contributed by atoms with Crippen LogP contribution < -0.4 is 0 Å². The molecular weight excluding hydrogens is 759 g/mol. The van der Waals surface area contributed by atoms with Gasteiger partial charge in [-0.1, -0.05) is 127 Å². The highest BCUT2D eigenvalue weighted by atomic mass is 79.9. The van der Waals surface area contributed by atoms with Gasteiger partial charge in [-0.2, -0.15) is 0 Å². The molecule has 108 valence electrons. The molecule has 0 bridgehead atoms. The first-order valence-corrected chi connectivity index (χ1v) is 11.4. The van der Waals surface area contributed by atoms with Gasteiger partial charge in [0, 0.05) is 0 Å².